The number of rotatable bonds is 6. The first-order chi connectivity index (χ1) is 9.91. The van der Waals surface area contributed by atoms with Crippen molar-refractivity contribution >= 4 is 25.8 Å². The molecule has 1 aromatic carbocycles. The second-order valence-electron chi connectivity index (χ2n) is 4.18. The minimum absolute atomic E-state index is 0. The molecular formula is C13H25BrNO6P. The van der Waals surface area contributed by atoms with Crippen LogP contribution >= 0.6 is 25.8 Å². The highest BCUT2D eigenvalue weighted by Crippen LogP contribution is 2.38. The first kappa shape index (κ1) is 23.6. The third-order valence-electron chi connectivity index (χ3n) is 2.60. The molecule has 0 heterocycles. The molecular weight excluding hydrogens is 377 g/mol. The molecule has 0 saturated carbocycles. The normalized spacial score (nSPS) is 10.0. The minimum Gasteiger partial charge on any atom is -0.496 e. The number of nitrogens with two attached hydrogens (primary N) is 1. The van der Waals surface area contributed by atoms with Crippen molar-refractivity contribution < 1.29 is 29.5 Å². The van der Waals surface area contributed by atoms with Crippen LogP contribution in [0.2, 0.25) is 0 Å². The predicted octanol–water partition coefficient (Wildman–Crippen LogP) is 0.194. The van der Waals surface area contributed by atoms with Gasteiger partial charge in [0.2, 0.25) is 0 Å². The molecule has 0 radical (unpaired) electrons. The van der Waals surface area contributed by atoms with Crippen LogP contribution in [0.1, 0.15) is 0 Å². The Labute approximate surface area is 142 Å². The van der Waals surface area contributed by atoms with E-state index in [1.54, 1.807) is 33.5 Å². The molecule has 7 nitrogen and oxygen atoms in total. The van der Waals surface area contributed by atoms with Gasteiger partial charge in [0.15, 0.2) is 0 Å². The van der Waals surface area contributed by atoms with E-state index >= 15 is 0 Å². The van der Waals surface area contributed by atoms with Crippen LogP contribution in [-0.2, 0) is 0 Å². The molecule has 0 bridgehead atoms. The van der Waals surface area contributed by atoms with E-state index in [-0.39, 0.29) is 9.90 Å². The van der Waals surface area contributed by atoms with E-state index in [2.05, 4.69) is 15.9 Å². The molecule has 0 fully saturated rings. The average Bonchev–Trinajstić information content (AvgIpc) is 2.54. The van der Waals surface area contributed by atoms with Crippen molar-refractivity contribution in [3.63, 3.8) is 0 Å². The molecule has 9 heteroatoms. The Kier molecular flexibility index (Phi) is 12.8. The van der Waals surface area contributed by atoms with Crippen LogP contribution in [0.25, 0.3) is 0 Å². The van der Waals surface area contributed by atoms with Gasteiger partial charge < -0.3 is 35.3 Å². The zero-order valence-corrected chi connectivity index (χ0v) is 16.0. The van der Waals surface area contributed by atoms with E-state index in [0.717, 1.165) is 4.47 Å². The van der Waals surface area contributed by atoms with E-state index in [1.807, 2.05) is 0 Å². The predicted molar refractivity (Wildman–Crippen MR) is 93.1 cm³/mol. The Morgan fingerprint density at radius 1 is 0.955 bits per heavy atom. The number of aliphatic hydroxyl groups excluding tert-OH is 3. The highest BCUT2D eigenvalue weighted by molar-refractivity contribution is 9.10. The molecule has 0 aliphatic carbocycles. The van der Waals surface area contributed by atoms with E-state index in [0.29, 0.717) is 17.2 Å². The van der Waals surface area contributed by atoms with Crippen molar-refractivity contribution in [1.29, 1.82) is 0 Å². The number of hydrogen-bond acceptors (Lipinski definition) is 7. The molecule has 0 aromatic heterocycles. The van der Waals surface area contributed by atoms with E-state index in [9.17, 15) is 0 Å². The van der Waals surface area contributed by atoms with Gasteiger partial charge in [-0.05, 0) is 15.9 Å². The van der Waals surface area contributed by atoms with Gasteiger partial charge in [0, 0.05) is 12.1 Å². The van der Waals surface area contributed by atoms with E-state index in [1.165, 1.54) is 0 Å². The zero-order chi connectivity index (χ0) is 16.5. The Balaban J connectivity index is 0. The molecule has 1 unspecified atom stereocenters. The van der Waals surface area contributed by atoms with E-state index < -0.39 is 25.4 Å². The lowest BCUT2D eigenvalue weighted by atomic mass is 10.1. The Bertz CT molecular complexity index is 398. The number of ether oxygens (including phenoxy) is 3. The van der Waals surface area contributed by atoms with Crippen LogP contribution in [0.4, 0.5) is 0 Å². The fraction of sp³-hybridized carbons (Fsp3) is 0.538. The Morgan fingerprint density at radius 3 is 1.50 bits per heavy atom. The third kappa shape index (κ3) is 7.09. The van der Waals surface area contributed by atoms with Gasteiger partial charge in [-0.3, -0.25) is 0 Å². The van der Waals surface area contributed by atoms with Crippen LogP contribution in [-0.4, -0.2) is 62.0 Å². The topological polar surface area (TPSA) is 114 Å². The first-order valence-corrected chi connectivity index (χ1v) is 6.77. The number of benzene rings is 1. The minimum atomic E-state index is -1.21. The van der Waals surface area contributed by atoms with Gasteiger partial charge in [-0.25, -0.2) is 0 Å². The highest BCUT2D eigenvalue weighted by Gasteiger charge is 2.20. The van der Waals surface area contributed by atoms with Gasteiger partial charge in [-0.1, -0.05) is 0 Å². The Morgan fingerprint density at radius 2 is 1.32 bits per heavy atom. The van der Waals surface area contributed by atoms with Crippen molar-refractivity contribution in [3.05, 3.63) is 16.6 Å². The molecule has 0 saturated heterocycles. The van der Waals surface area contributed by atoms with Crippen molar-refractivity contribution in [2.75, 3.05) is 41.2 Å². The molecule has 0 aliphatic rings. The van der Waals surface area contributed by atoms with Crippen LogP contribution in [0, 0.1) is 0 Å². The fourth-order valence-corrected chi connectivity index (χ4v) is 1.67. The van der Waals surface area contributed by atoms with Crippen molar-refractivity contribution in [2.24, 2.45) is 5.73 Å². The summed E-state index contributed by atoms with van der Waals surface area (Å²) in [7, 11) is 4.79. The van der Waals surface area contributed by atoms with Gasteiger partial charge in [0.1, 0.15) is 21.7 Å². The molecule has 0 amide bonds. The lowest BCUT2D eigenvalue weighted by Crippen LogP contribution is -2.50. The monoisotopic (exact) mass is 401 g/mol. The maximum Gasteiger partial charge on any atom is 0.140 e. The molecule has 1 aromatic rings. The summed E-state index contributed by atoms with van der Waals surface area (Å²) in [5.41, 5.74) is 3.94. The highest BCUT2D eigenvalue weighted by atomic mass is 79.9. The first-order valence-electron chi connectivity index (χ1n) is 5.98. The summed E-state index contributed by atoms with van der Waals surface area (Å²) in [5, 5.41) is 25.0. The van der Waals surface area contributed by atoms with Crippen LogP contribution < -0.4 is 19.9 Å². The summed E-state index contributed by atoms with van der Waals surface area (Å²) in [6.45, 7) is -1.21. The molecule has 0 spiro atoms. The van der Waals surface area contributed by atoms with Crippen molar-refractivity contribution in [2.45, 2.75) is 5.54 Å². The van der Waals surface area contributed by atoms with Gasteiger partial charge in [-0.2, -0.15) is 9.90 Å². The second-order valence-corrected chi connectivity index (χ2v) is 4.98. The van der Waals surface area contributed by atoms with Gasteiger partial charge in [0.05, 0.1) is 46.7 Å². The second kappa shape index (κ2) is 11.9. The van der Waals surface area contributed by atoms with Crippen LogP contribution in [0.3, 0.4) is 0 Å². The van der Waals surface area contributed by atoms with E-state index in [4.69, 9.17) is 35.3 Å². The number of aliphatic hydroxyl groups is 3. The summed E-state index contributed by atoms with van der Waals surface area (Å²) in [6.07, 6.45) is 0. The summed E-state index contributed by atoms with van der Waals surface area (Å²) in [6, 6.07) is 3.57. The summed E-state index contributed by atoms with van der Waals surface area (Å²) in [5.74, 6) is 2.09. The largest absolute Gasteiger partial charge is 0.496 e. The van der Waals surface area contributed by atoms with Gasteiger partial charge in [0.25, 0.3) is 0 Å². The number of halogens is 1. The number of methoxy groups -OCH3 is 3. The quantitative estimate of drug-likeness (QED) is 0.503. The van der Waals surface area contributed by atoms with Gasteiger partial charge in [-0.15, -0.1) is 0 Å². The number of hydrogen-bond donors (Lipinski definition) is 4. The Hall–Kier alpha value is -0.630. The smallest absolute Gasteiger partial charge is 0.140 e. The van der Waals surface area contributed by atoms with Gasteiger partial charge >= 0.3 is 0 Å². The SMILES string of the molecule is COc1cc(OC)c(Br)c(OC)c1.NC(CO)(CO)CO.P. The standard InChI is InChI=1S/C9H11BrO3.C4H11NO3.H3P/c1-11-6-4-7(12-2)9(10)8(5-6)13-3;5-4(1-6,2-7)3-8;/h4-5H,1-3H3;6-8H,1-3,5H2;1H3. The zero-order valence-electron chi connectivity index (χ0n) is 13.0. The molecule has 0 aliphatic heterocycles. The maximum absolute atomic E-state index is 8.34. The summed E-state index contributed by atoms with van der Waals surface area (Å²) in [4.78, 5) is 0. The van der Waals surface area contributed by atoms with Crippen molar-refractivity contribution in [1.82, 2.24) is 0 Å². The summed E-state index contributed by atoms with van der Waals surface area (Å²) < 4.78 is 16.1. The fourth-order valence-electron chi connectivity index (χ4n) is 1.11. The average molecular weight is 402 g/mol. The van der Waals surface area contributed by atoms with Crippen molar-refractivity contribution in [3.8, 4) is 17.2 Å². The third-order valence-corrected chi connectivity index (χ3v) is 3.38. The van der Waals surface area contributed by atoms with Crippen LogP contribution in [0.5, 0.6) is 17.2 Å². The lowest BCUT2D eigenvalue weighted by molar-refractivity contribution is 0.0698. The summed E-state index contributed by atoms with van der Waals surface area (Å²) >= 11 is 3.36. The maximum atomic E-state index is 8.34. The molecule has 1 rings (SSSR count). The molecule has 22 heavy (non-hydrogen) atoms. The molecule has 1 atom stereocenters. The van der Waals surface area contributed by atoms with Crippen LogP contribution in [0.15, 0.2) is 16.6 Å². The lowest BCUT2D eigenvalue weighted by Gasteiger charge is -2.20. The molecule has 5 N–H and O–H groups in total. The molecule has 130 valence electrons.